The van der Waals surface area contributed by atoms with Crippen LogP contribution in [0.25, 0.3) is 0 Å². The van der Waals surface area contributed by atoms with Gasteiger partial charge in [0.1, 0.15) is 6.04 Å². The molecule has 9 heteroatoms. The molecule has 8 nitrogen and oxygen atoms in total. The fourth-order valence-electron chi connectivity index (χ4n) is 2.13. The van der Waals surface area contributed by atoms with Crippen LogP contribution in [0.15, 0.2) is 42.7 Å². The molecule has 142 valence electrons. The normalized spacial score (nSPS) is 11.3. The lowest BCUT2D eigenvalue weighted by Gasteiger charge is -2.13. The number of halogens is 1. The molecule has 0 aliphatic heterocycles. The van der Waals surface area contributed by atoms with Crippen molar-refractivity contribution < 1.29 is 14.3 Å². The van der Waals surface area contributed by atoms with Gasteiger partial charge in [-0.15, -0.1) is 12.4 Å². The van der Waals surface area contributed by atoms with E-state index in [-0.39, 0.29) is 30.8 Å². The zero-order chi connectivity index (χ0) is 18.1. The Labute approximate surface area is 158 Å². The highest BCUT2D eigenvalue weighted by atomic mass is 35.5. The van der Waals surface area contributed by atoms with Crippen molar-refractivity contribution in [3.05, 3.63) is 42.7 Å². The van der Waals surface area contributed by atoms with Gasteiger partial charge in [0.05, 0.1) is 13.2 Å². The monoisotopic (exact) mass is 381 g/mol. The van der Waals surface area contributed by atoms with Crippen molar-refractivity contribution in [2.24, 2.45) is 0 Å². The highest BCUT2D eigenvalue weighted by Crippen LogP contribution is 2.16. The van der Waals surface area contributed by atoms with Crippen molar-refractivity contribution in [1.82, 2.24) is 15.1 Å². The largest absolute Gasteiger partial charge is 0.383 e. The van der Waals surface area contributed by atoms with Gasteiger partial charge in [-0.25, -0.2) is 0 Å². The van der Waals surface area contributed by atoms with Crippen molar-refractivity contribution in [1.29, 1.82) is 0 Å². The highest BCUT2D eigenvalue weighted by Gasteiger charge is 2.15. The summed E-state index contributed by atoms with van der Waals surface area (Å²) < 4.78 is 6.48. The molecule has 1 atom stereocenters. The molecule has 1 heterocycles. The van der Waals surface area contributed by atoms with Gasteiger partial charge in [-0.2, -0.15) is 5.10 Å². The van der Waals surface area contributed by atoms with E-state index in [0.717, 1.165) is 0 Å². The summed E-state index contributed by atoms with van der Waals surface area (Å²) in [6.45, 7) is 3.10. The van der Waals surface area contributed by atoms with Gasteiger partial charge in [0.2, 0.25) is 11.8 Å². The van der Waals surface area contributed by atoms with E-state index in [4.69, 9.17) is 4.74 Å². The molecule has 2 aromatic rings. The maximum atomic E-state index is 12.3. The number of hydrogen-bond donors (Lipinski definition) is 3. The molecular formula is C17H24ClN5O3. The Bertz CT molecular complexity index is 693. The van der Waals surface area contributed by atoms with Crippen LogP contribution in [0.1, 0.15) is 13.0 Å². The number of aromatic nitrogens is 2. The molecule has 0 bridgehead atoms. The molecule has 1 unspecified atom stereocenters. The maximum absolute atomic E-state index is 12.3. The van der Waals surface area contributed by atoms with E-state index in [9.17, 15) is 9.59 Å². The number of carbonyl (C=O) groups excluding carboxylic acids is 2. The van der Waals surface area contributed by atoms with E-state index in [1.165, 1.54) is 0 Å². The Hall–Kier alpha value is -2.42. The van der Waals surface area contributed by atoms with E-state index >= 15 is 0 Å². The molecule has 1 aromatic heterocycles. The summed E-state index contributed by atoms with van der Waals surface area (Å²) in [6, 6.07) is 8.34. The maximum Gasteiger partial charge on any atom is 0.248 e. The van der Waals surface area contributed by atoms with Gasteiger partial charge in [0, 0.05) is 37.4 Å². The molecule has 0 saturated heterocycles. The third kappa shape index (κ3) is 6.83. The summed E-state index contributed by atoms with van der Waals surface area (Å²) in [5, 5.41) is 12.6. The van der Waals surface area contributed by atoms with Crippen LogP contribution in [-0.4, -0.2) is 48.4 Å². The molecule has 0 spiro atoms. The number of hydrogen-bond acceptors (Lipinski definition) is 5. The Morgan fingerprint density at radius 3 is 2.62 bits per heavy atom. The van der Waals surface area contributed by atoms with Crippen LogP contribution >= 0.6 is 12.4 Å². The first-order valence-corrected chi connectivity index (χ1v) is 7.99. The summed E-state index contributed by atoms with van der Waals surface area (Å²) in [5.41, 5.74) is 1.22. The molecule has 26 heavy (non-hydrogen) atoms. The minimum absolute atomic E-state index is 0. The lowest BCUT2D eigenvalue weighted by molar-refractivity contribution is -0.119. The van der Waals surface area contributed by atoms with Crippen LogP contribution < -0.4 is 16.0 Å². The summed E-state index contributed by atoms with van der Waals surface area (Å²) in [7, 11) is 1.61. The van der Waals surface area contributed by atoms with Crippen LogP contribution in [0.4, 0.5) is 11.4 Å². The Kier molecular flexibility index (Phi) is 9.35. The number of rotatable bonds is 9. The molecular weight excluding hydrogens is 358 g/mol. The molecule has 1 aromatic carbocycles. The number of nitrogens with zero attached hydrogens (tertiary/aromatic N) is 2. The Morgan fingerprint density at radius 2 is 1.96 bits per heavy atom. The zero-order valence-electron chi connectivity index (χ0n) is 14.8. The minimum Gasteiger partial charge on any atom is -0.383 e. The van der Waals surface area contributed by atoms with E-state index in [1.807, 2.05) is 0 Å². The first-order valence-electron chi connectivity index (χ1n) is 7.99. The number of benzene rings is 1. The standard InChI is InChI=1S/C17H23N5O3.ClH/c1-13(22-9-4-7-19-22)17(24)21-15-6-3-5-14(11-15)20-16(23)12-18-8-10-25-2;/h3-7,9,11,13,18H,8,10,12H2,1-2H3,(H,20,23)(H,21,24);1H. The number of amides is 2. The molecule has 2 rings (SSSR count). The van der Waals surface area contributed by atoms with E-state index in [1.54, 1.807) is 61.4 Å². The lowest BCUT2D eigenvalue weighted by Crippen LogP contribution is -2.30. The SMILES string of the molecule is COCCNCC(=O)Nc1cccc(NC(=O)C(C)n2cccn2)c1.Cl. The molecule has 0 fully saturated rings. The van der Waals surface area contributed by atoms with Crippen LogP contribution in [0, 0.1) is 0 Å². The second kappa shape index (κ2) is 11.2. The molecule has 2 amide bonds. The number of anilines is 2. The third-order valence-electron chi connectivity index (χ3n) is 3.48. The quantitative estimate of drug-likeness (QED) is 0.574. The Morgan fingerprint density at radius 1 is 1.23 bits per heavy atom. The molecule has 0 saturated carbocycles. The van der Waals surface area contributed by atoms with E-state index in [0.29, 0.717) is 24.5 Å². The van der Waals surface area contributed by atoms with Crippen molar-refractivity contribution >= 4 is 35.6 Å². The summed E-state index contributed by atoms with van der Waals surface area (Å²) in [5.74, 6) is -0.349. The second-order valence-electron chi connectivity index (χ2n) is 5.45. The van der Waals surface area contributed by atoms with Crippen LogP contribution in [0.3, 0.4) is 0 Å². The molecule has 0 aliphatic rings. The van der Waals surface area contributed by atoms with Crippen LogP contribution in [-0.2, 0) is 14.3 Å². The first kappa shape index (κ1) is 21.6. The van der Waals surface area contributed by atoms with Crippen LogP contribution in [0.2, 0.25) is 0 Å². The average molecular weight is 382 g/mol. The van der Waals surface area contributed by atoms with Gasteiger partial charge < -0.3 is 20.7 Å². The molecule has 3 N–H and O–H groups in total. The summed E-state index contributed by atoms with van der Waals surface area (Å²) >= 11 is 0. The van der Waals surface area contributed by atoms with E-state index < -0.39 is 6.04 Å². The average Bonchev–Trinajstić information content (AvgIpc) is 3.13. The van der Waals surface area contributed by atoms with Gasteiger partial charge in [-0.05, 0) is 31.2 Å². The predicted octanol–water partition coefficient (Wildman–Crippen LogP) is 1.68. The zero-order valence-corrected chi connectivity index (χ0v) is 15.6. The summed E-state index contributed by atoms with van der Waals surface area (Å²) in [6.07, 6.45) is 3.36. The fourth-order valence-corrected chi connectivity index (χ4v) is 2.13. The fraction of sp³-hybridized carbons (Fsp3) is 0.353. The van der Waals surface area contributed by atoms with Gasteiger partial charge in [0.15, 0.2) is 0 Å². The predicted molar refractivity (Wildman–Crippen MR) is 103 cm³/mol. The minimum atomic E-state index is -0.432. The number of nitrogens with one attached hydrogen (secondary N) is 3. The Balaban J connectivity index is 0.00000338. The number of carbonyl (C=O) groups is 2. The van der Waals surface area contributed by atoms with Gasteiger partial charge in [-0.1, -0.05) is 6.07 Å². The van der Waals surface area contributed by atoms with Gasteiger partial charge >= 0.3 is 0 Å². The van der Waals surface area contributed by atoms with Gasteiger partial charge in [-0.3, -0.25) is 14.3 Å². The topological polar surface area (TPSA) is 97.3 Å². The van der Waals surface area contributed by atoms with Crippen molar-refractivity contribution in [2.45, 2.75) is 13.0 Å². The van der Waals surface area contributed by atoms with Crippen molar-refractivity contribution in [3.8, 4) is 0 Å². The van der Waals surface area contributed by atoms with E-state index in [2.05, 4.69) is 21.0 Å². The van der Waals surface area contributed by atoms with Gasteiger partial charge in [0.25, 0.3) is 0 Å². The van der Waals surface area contributed by atoms with Crippen molar-refractivity contribution in [3.63, 3.8) is 0 Å². The number of ether oxygens (including phenoxy) is 1. The third-order valence-corrected chi connectivity index (χ3v) is 3.48. The highest BCUT2D eigenvalue weighted by molar-refractivity contribution is 5.96. The number of methoxy groups -OCH3 is 1. The second-order valence-corrected chi connectivity index (χ2v) is 5.45. The van der Waals surface area contributed by atoms with Crippen molar-refractivity contribution in [2.75, 3.05) is 37.4 Å². The summed E-state index contributed by atoms with van der Waals surface area (Å²) in [4.78, 5) is 24.1. The smallest absolute Gasteiger partial charge is 0.248 e. The molecule has 0 radical (unpaired) electrons. The lowest BCUT2D eigenvalue weighted by atomic mass is 10.2. The first-order chi connectivity index (χ1) is 12.1. The van der Waals surface area contributed by atoms with Crippen LogP contribution in [0.5, 0.6) is 0 Å². The molecule has 0 aliphatic carbocycles.